The molecule has 0 saturated heterocycles. The van der Waals surface area contributed by atoms with Gasteiger partial charge < -0.3 is 5.73 Å². The molecule has 4 rings (SSSR count). The summed E-state index contributed by atoms with van der Waals surface area (Å²) < 4.78 is 1.92. The van der Waals surface area contributed by atoms with Crippen molar-refractivity contribution < 1.29 is 0 Å². The van der Waals surface area contributed by atoms with Gasteiger partial charge in [0.25, 0.3) is 0 Å². The van der Waals surface area contributed by atoms with Crippen LogP contribution < -0.4 is 5.73 Å². The predicted molar refractivity (Wildman–Crippen MR) is 86.5 cm³/mol. The molecule has 0 aliphatic rings. The summed E-state index contributed by atoms with van der Waals surface area (Å²) in [6.45, 7) is 0. The number of hydrogen-bond donors (Lipinski definition) is 1. The highest BCUT2D eigenvalue weighted by Crippen LogP contribution is 2.24. The van der Waals surface area contributed by atoms with Gasteiger partial charge in [0.2, 0.25) is 0 Å². The van der Waals surface area contributed by atoms with E-state index in [4.69, 9.17) is 5.73 Å². The fourth-order valence-electron chi connectivity index (χ4n) is 2.42. The lowest BCUT2D eigenvalue weighted by Gasteiger charge is -2.06. The number of anilines is 1. The first-order valence-electron chi connectivity index (χ1n) is 6.94. The number of hydrogen-bond acceptors (Lipinski definition) is 4. The lowest BCUT2D eigenvalue weighted by atomic mass is 10.2. The van der Waals surface area contributed by atoms with Gasteiger partial charge in [0, 0.05) is 11.3 Å². The standard InChI is InChI=1S/C17H13N5/c18-15-14-17(21-16(20-15)12-7-3-1-4-8-12)22(11-19-14)13-9-5-2-6-10-13/h1-11H,(H2,18,20,21). The number of benzene rings is 2. The third kappa shape index (κ3) is 2.00. The molecule has 2 aromatic heterocycles. The molecule has 0 saturated carbocycles. The van der Waals surface area contributed by atoms with Crippen molar-refractivity contribution in [2.75, 3.05) is 5.73 Å². The maximum Gasteiger partial charge on any atom is 0.170 e. The van der Waals surface area contributed by atoms with Crippen LogP contribution in [0.4, 0.5) is 5.82 Å². The van der Waals surface area contributed by atoms with Gasteiger partial charge in [-0.1, -0.05) is 48.5 Å². The monoisotopic (exact) mass is 287 g/mol. The first kappa shape index (κ1) is 12.5. The molecular weight excluding hydrogens is 274 g/mol. The SMILES string of the molecule is Nc1nc(-c2ccccc2)nc2c1ncn2-c1ccccc1. The summed E-state index contributed by atoms with van der Waals surface area (Å²) in [7, 11) is 0. The Morgan fingerprint density at radius 1 is 0.818 bits per heavy atom. The van der Waals surface area contributed by atoms with Gasteiger partial charge >= 0.3 is 0 Å². The minimum atomic E-state index is 0.388. The molecule has 2 heterocycles. The Kier molecular flexibility index (Phi) is 2.83. The average molecular weight is 287 g/mol. The van der Waals surface area contributed by atoms with E-state index >= 15 is 0 Å². The van der Waals surface area contributed by atoms with Crippen LogP contribution in [0.5, 0.6) is 0 Å². The number of aromatic nitrogens is 4. The van der Waals surface area contributed by atoms with Crippen LogP contribution in [0.3, 0.4) is 0 Å². The molecule has 0 atom stereocenters. The second kappa shape index (κ2) is 4.96. The van der Waals surface area contributed by atoms with Gasteiger partial charge in [-0.05, 0) is 12.1 Å². The van der Waals surface area contributed by atoms with E-state index in [0.717, 1.165) is 11.3 Å². The third-order valence-corrected chi connectivity index (χ3v) is 3.49. The maximum atomic E-state index is 6.06. The summed E-state index contributed by atoms with van der Waals surface area (Å²) in [4.78, 5) is 13.4. The highest BCUT2D eigenvalue weighted by atomic mass is 15.1. The van der Waals surface area contributed by atoms with Gasteiger partial charge in [-0.2, -0.15) is 0 Å². The van der Waals surface area contributed by atoms with Crippen LogP contribution in [0.2, 0.25) is 0 Å². The van der Waals surface area contributed by atoms with Gasteiger partial charge in [0.05, 0.1) is 0 Å². The molecule has 0 spiro atoms. The van der Waals surface area contributed by atoms with E-state index in [1.54, 1.807) is 6.33 Å². The molecule has 0 fully saturated rings. The van der Waals surface area contributed by atoms with Crippen LogP contribution in [0.25, 0.3) is 28.2 Å². The summed E-state index contributed by atoms with van der Waals surface area (Å²) in [5, 5.41) is 0. The largest absolute Gasteiger partial charge is 0.382 e. The fourth-order valence-corrected chi connectivity index (χ4v) is 2.42. The number of para-hydroxylation sites is 1. The first-order chi connectivity index (χ1) is 10.8. The molecule has 0 bridgehead atoms. The van der Waals surface area contributed by atoms with Crippen LogP contribution in [0.1, 0.15) is 0 Å². The highest BCUT2D eigenvalue weighted by molar-refractivity contribution is 5.85. The summed E-state index contributed by atoms with van der Waals surface area (Å²) in [5.41, 5.74) is 9.30. The van der Waals surface area contributed by atoms with Crippen LogP contribution in [0, 0.1) is 0 Å². The minimum Gasteiger partial charge on any atom is -0.382 e. The highest BCUT2D eigenvalue weighted by Gasteiger charge is 2.13. The van der Waals surface area contributed by atoms with E-state index in [1.165, 1.54) is 0 Å². The maximum absolute atomic E-state index is 6.06. The van der Waals surface area contributed by atoms with Crippen molar-refractivity contribution in [2.45, 2.75) is 0 Å². The first-order valence-corrected chi connectivity index (χ1v) is 6.94. The van der Waals surface area contributed by atoms with E-state index in [1.807, 2.05) is 65.2 Å². The van der Waals surface area contributed by atoms with Crippen molar-refractivity contribution in [3.8, 4) is 17.1 Å². The molecule has 106 valence electrons. The van der Waals surface area contributed by atoms with E-state index in [0.29, 0.717) is 22.8 Å². The molecule has 2 aromatic carbocycles. The molecule has 22 heavy (non-hydrogen) atoms. The molecular formula is C17H13N5. The summed E-state index contributed by atoms with van der Waals surface area (Å²) in [6.07, 6.45) is 1.72. The van der Waals surface area contributed by atoms with Crippen molar-refractivity contribution in [1.82, 2.24) is 19.5 Å². The molecule has 5 heteroatoms. The quantitative estimate of drug-likeness (QED) is 0.615. The summed E-state index contributed by atoms with van der Waals surface area (Å²) in [5.74, 6) is 0.988. The number of nitrogens with zero attached hydrogens (tertiary/aromatic N) is 4. The van der Waals surface area contributed by atoms with Crippen LogP contribution >= 0.6 is 0 Å². The fraction of sp³-hybridized carbons (Fsp3) is 0. The second-order valence-electron chi connectivity index (χ2n) is 4.92. The molecule has 2 N–H and O–H groups in total. The Balaban J connectivity index is 1.97. The number of nitrogen functional groups attached to an aromatic ring is 1. The van der Waals surface area contributed by atoms with E-state index in [2.05, 4.69) is 15.0 Å². The number of nitrogens with two attached hydrogens (primary N) is 1. The Bertz CT molecular complexity index is 929. The topological polar surface area (TPSA) is 69.6 Å². The molecule has 0 unspecified atom stereocenters. The van der Waals surface area contributed by atoms with Crippen molar-refractivity contribution >= 4 is 17.0 Å². The van der Waals surface area contributed by atoms with Crippen LogP contribution in [-0.2, 0) is 0 Å². The van der Waals surface area contributed by atoms with E-state index in [9.17, 15) is 0 Å². The van der Waals surface area contributed by atoms with Gasteiger partial charge in [-0.25, -0.2) is 15.0 Å². The molecule has 0 aliphatic carbocycles. The normalized spacial score (nSPS) is 10.9. The number of fused-ring (bicyclic) bond motifs is 1. The third-order valence-electron chi connectivity index (χ3n) is 3.49. The number of imidazole rings is 1. The van der Waals surface area contributed by atoms with Gasteiger partial charge in [0.1, 0.15) is 6.33 Å². The second-order valence-corrected chi connectivity index (χ2v) is 4.92. The average Bonchev–Trinajstić information content (AvgIpc) is 3.01. The van der Waals surface area contributed by atoms with Crippen LogP contribution in [0.15, 0.2) is 67.0 Å². The molecule has 0 aliphatic heterocycles. The lowest BCUT2D eigenvalue weighted by molar-refractivity contribution is 1.06. The summed E-state index contributed by atoms with van der Waals surface area (Å²) >= 11 is 0. The Morgan fingerprint density at radius 3 is 2.23 bits per heavy atom. The van der Waals surface area contributed by atoms with Gasteiger partial charge in [0.15, 0.2) is 22.8 Å². The van der Waals surface area contributed by atoms with Crippen molar-refractivity contribution in [1.29, 1.82) is 0 Å². The predicted octanol–water partition coefficient (Wildman–Crippen LogP) is 3.06. The zero-order valence-corrected chi connectivity index (χ0v) is 11.7. The van der Waals surface area contributed by atoms with Crippen molar-refractivity contribution in [3.63, 3.8) is 0 Å². The van der Waals surface area contributed by atoms with Crippen LogP contribution in [-0.4, -0.2) is 19.5 Å². The Hall–Kier alpha value is -3.21. The lowest BCUT2D eigenvalue weighted by Crippen LogP contribution is -2.00. The zero-order valence-electron chi connectivity index (χ0n) is 11.7. The summed E-state index contributed by atoms with van der Waals surface area (Å²) in [6, 6.07) is 19.7. The number of rotatable bonds is 2. The zero-order chi connectivity index (χ0) is 14.9. The molecule has 0 amide bonds. The molecule has 0 radical (unpaired) electrons. The Morgan fingerprint density at radius 2 is 1.50 bits per heavy atom. The van der Waals surface area contributed by atoms with Gasteiger partial charge in [-0.3, -0.25) is 4.57 Å². The van der Waals surface area contributed by atoms with Crippen molar-refractivity contribution in [2.24, 2.45) is 0 Å². The molecule has 4 aromatic rings. The molecule has 5 nitrogen and oxygen atoms in total. The van der Waals surface area contributed by atoms with Gasteiger partial charge in [-0.15, -0.1) is 0 Å². The smallest absolute Gasteiger partial charge is 0.170 e. The Labute approximate surface area is 127 Å². The van der Waals surface area contributed by atoms with Crippen molar-refractivity contribution in [3.05, 3.63) is 67.0 Å². The minimum absolute atomic E-state index is 0.388. The van der Waals surface area contributed by atoms with E-state index < -0.39 is 0 Å². The van der Waals surface area contributed by atoms with E-state index in [-0.39, 0.29) is 0 Å².